The van der Waals surface area contributed by atoms with Gasteiger partial charge in [-0.25, -0.2) is 8.42 Å². The summed E-state index contributed by atoms with van der Waals surface area (Å²) in [5.74, 6) is 0. The molecule has 1 aliphatic rings. The number of nitro groups is 1. The van der Waals surface area contributed by atoms with Crippen molar-refractivity contribution in [2.24, 2.45) is 0 Å². The van der Waals surface area contributed by atoms with Crippen LogP contribution in [0.2, 0.25) is 5.02 Å². The van der Waals surface area contributed by atoms with Crippen LogP contribution in [0.25, 0.3) is 0 Å². The quantitative estimate of drug-likeness (QED) is 0.647. The maximum Gasteiger partial charge on any atom is 0.290 e. The fraction of sp³-hybridized carbons (Fsp3) is 0.500. The van der Waals surface area contributed by atoms with Gasteiger partial charge in [0.15, 0.2) is 4.90 Å². The molecule has 1 heterocycles. The molecule has 1 aliphatic heterocycles. The first kappa shape index (κ1) is 19.1. The number of hydrogen-bond donors (Lipinski definition) is 1. The third-order valence-electron chi connectivity index (χ3n) is 3.53. The Hall–Kier alpha value is -0.930. The number of sulfonamides is 1. The predicted molar refractivity (Wildman–Crippen MR) is 86.2 cm³/mol. The Morgan fingerprint density at radius 1 is 1.45 bits per heavy atom. The number of halogens is 2. The highest BCUT2D eigenvalue weighted by Gasteiger charge is 2.34. The fourth-order valence-corrected chi connectivity index (χ4v) is 4.21. The Balaban J connectivity index is 0.00000242. The fourth-order valence-electron chi connectivity index (χ4n) is 2.39. The van der Waals surface area contributed by atoms with Crippen LogP contribution in [0.1, 0.15) is 12.8 Å². The molecule has 0 aromatic heterocycles. The van der Waals surface area contributed by atoms with Gasteiger partial charge in [-0.1, -0.05) is 11.6 Å². The van der Waals surface area contributed by atoms with Crippen LogP contribution >= 0.6 is 24.0 Å². The minimum Gasteiger partial charge on any atom is -0.316 e. The first-order valence-corrected chi connectivity index (χ1v) is 8.29. The highest BCUT2D eigenvalue weighted by Crippen LogP contribution is 2.30. The SMILES string of the molecule is CNC1CCCN(S(=O)(=O)c2ccc(Cl)cc2[N+](=O)[O-])C1.Cl. The van der Waals surface area contributed by atoms with Crippen LogP contribution in [0.3, 0.4) is 0 Å². The number of nitrogens with one attached hydrogen (secondary N) is 1. The molecule has 0 bridgehead atoms. The van der Waals surface area contributed by atoms with Crippen molar-refractivity contribution in [3.05, 3.63) is 33.3 Å². The number of nitrogens with zero attached hydrogens (tertiary/aromatic N) is 2. The maximum atomic E-state index is 12.6. The van der Waals surface area contributed by atoms with Gasteiger partial charge in [0.05, 0.1) is 4.92 Å². The van der Waals surface area contributed by atoms with Gasteiger partial charge in [-0.3, -0.25) is 10.1 Å². The topological polar surface area (TPSA) is 92.6 Å². The number of benzene rings is 1. The largest absolute Gasteiger partial charge is 0.316 e. The molecule has 1 unspecified atom stereocenters. The summed E-state index contributed by atoms with van der Waals surface area (Å²) in [4.78, 5) is 10.0. The minimum atomic E-state index is -3.90. The lowest BCUT2D eigenvalue weighted by Crippen LogP contribution is -2.46. The molecule has 0 spiro atoms. The van der Waals surface area contributed by atoms with E-state index in [1.807, 2.05) is 0 Å². The summed E-state index contributed by atoms with van der Waals surface area (Å²) in [5.41, 5.74) is -0.492. The van der Waals surface area contributed by atoms with Gasteiger partial charge in [0.25, 0.3) is 5.69 Å². The second kappa shape index (κ2) is 7.56. The lowest BCUT2D eigenvalue weighted by atomic mass is 10.1. The van der Waals surface area contributed by atoms with E-state index in [1.165, 1.54) is 16.4 Å². The molecule has 2 rings (SSSR count). The lowest BCUT2D eigenvalue weighted by Gasteiger charge is -2.31. The van der Waals surface area contributed by atoms with Crippen molar-refractivity contribution in [3.8, 4) is 0 Å². The molecule has 0 saturated carbocycles. The van der Waals surface area contributed by atoms with Crippen molar-refractivity contribution in [3.63, 3.8) is 0 Å². The summed E-state index contributed by atoms with van der Waals surface area (Å²) in [6.07, 6.45) is 1.59. The summed E-state index contributed by atoms with van der Waals surface area (Å²) in [7, 11) is -2.14. The number of hydrogen-bond acceptors (Lipinski definition) is 5. The molecule has 0 radical (unpaired) electrons. The van der Waals surface area contributed by atoms with E-state index < -0.39 is 20.6 Å². The second-order valence-electron chi connectivity index (χ2n) is 4.86. The number of likely N-dealkylation sites (N-methyl/N-ethyl adjacent to an activating group) is 1. The monoisotopic (exact) mass is 369 g/mol. The summed E-state index contributed by atoms with van der Waals surface area (Å²) in [6, 6.07) is 3.66. The van der Waals surface area contributed by atoms with E-state index in [4.69, 9.17) is 11.6 Å². The molecular weight excluding hydrogens is 353 g/mol. The number of rotatable bonds is 4. The summed E-state index contributed by atoms with van der Waals surface area (Å²) in [6.45, 7) is 0.666. The highest BCUT2D eigenvalue weighted by molar-refractivity contribution is 7.89. The third-order valence-corrected chi connectivity index (χ3v) is 5.68. The van der Waals surface area contributed by atoms with Crippen LogP contribution in [0.4, 0.5) is 5.69 Å². The summed E-state index contributed by atoms with van der Waals surface area (Å²) < 4.78 is 26.6. The molecule has 22 heavy (non-hydrogen) atoms. The minimum absolute atomic E-state index is 0. The van der Waals surface area contributed by atoms with Gasteiger partial charge in [0.1, 0.15) is 0 Å². The van der Waals surface area contributed by atoms with Crippen molar-refractivity contribution in [2.75, 3.05) is 20.1 Å². The Morgan fingerprint density at radius 2 is 2.14 bits per heavy atom. The van der Waals surface area contributed by atoms with Crippen LogP contribution in [-0.4, -0.2) is 43.8 Å². The van der Waals surface area contributed by atoms with Crippen LogP contribution in [0, 0.1) is 10.1 Å². The van der Waals surface area contributed by atoms with Crippen molar-refractivity contribution in [2.45, 2.75) is 23.8 Å². The normalized spacial score (nSPS) is 19.5. The maximum absolute atomic E-state index is 12.6. The first-order valence-electron chi connectivity index (χ1n) is 6.47. The van der Waals surface area contributed by atoms with Crippen LogP contribution in [0.5, 0.6) is 0 Å². The van der Waals surface area contributed by atoms with Crippen LogP contribution in [0.15, 0.2) is 23.1 Å². The van der Waals surface area contributed by atoms with E-state index in [9.17, 15) is 18.5 Å². The zero-order chi connectivity index (χ0) is 15.6. The molecule has 10 heteroatoms. The molecule has 1 N–H and O–H groups in total. The van der Waals surface area contributed by atoms with Crippen molar-refractivity contribution >= 4 is 39.7 Å². The van der Waals surface area contributed by atoms with Gasteiger partial charge < -0.3 is 5.32 Å². The van der Waals surface area contributed by atoms with E-state index in [2.05, 4.69) is 5.32 Å². The summed E-state index contributed by atoms with van der Waals surface area (Å²) >= 11 is 5.72. The van der Waals surface area contributed by atoms with Gasteiger partial charge in [-0.15, -0.1) is 12.4 Å². The second-order valence-corrected chi connectivity index (χ2v) is 7.20. The number of piperidine rings is 1. The Kier molecular flexibility index (Phi) is 6.57. The van der Waals surface area contributed by atoms with E-state index in [-0.39, 0.29) is 28.4 Å². The van der Waals surface area contributed by atoms with Gasteiger partial charge in [-0.05, 0) is 32.0 Å². The molecule has 1 fully saturated rings. The summed E-state index contributed by atoms with van der Waals surface area (Å²) in [5, 5.41) is 14.3. The van der Waals surface area contributed by atoms with Crippen molar-refractivity contribution < 1.29 is 13.3 Å². The smallest absolute Gasteiger partial charge is 0.290 e. The zero-order valence-electron chi connectivity index (χ0n) is 11.9. The molecule has 1 atom stereocenters. The van der Waals surface area contributed by atoms with E-state index in [1.54, 1.807) is 7.05 Å². The Labute approximate surface area is 140 Å². The third kappa shape index (κ3) is 3.88. The standard InChI is InChI=1S/C12H16ClN3O4S.ClH/c1-14-10-3-2-6-15(8-10)21(19,20)12-5-4-9(13)7-11(12)16(17)18;/h4-5,7,10,14H,2-3,6,8H2,1H3;1H. The van der Waals surface area contributed by atoms with Gasteiger partial charge >= 0.3 is 0 Å². The zero-order valence-corrected chi connectivity index (χ0v) is 14.2. The Morgan fingerprint density at radius 3 is 2.73 bits per heavy atom. The molecular formula is C12H17Cl2N3O4S. The molecule has 124 valence electrons. The molecule has 0 amide bonds. The van der Waals surface area contributed by atoms with Crippen LogP contribution < -0.4 is 5.32 Å². The molecule has 0 aliphatic carbocycles. The first-order chi connectivity index (χ1) is 9.86. The van der Waals surface area contributed by atoms with Crippen molar-refractivity contribution in [1.82, 2.24) is 9.62 Å². The lowest BCUT2D eigenvalue weighted by molar-refractivity contribution is -0.387. The average molecular weight is 370 g/mol. The molecule has 1 aromatic carbocycles. The van der Waals surface area contributed by atoms with E-state index in [0.29, 0.717) is 19.5 Å². The highest BCUT2D eigenvalue weighted by atomic mass is 35.5. The molecule has 1 saturated heterocycles. The predicted octanol–water partition coefficient (Wildman–Crippen LogP) is 2.04. The molecule has 7 nitrogen and oxygen atoms in total. The average Bonchev–Trinajstić information content (AvgIpc) is 2.46. The van der Waals surface area contributed by atoms with Gasteiger partial charge in [-0.2, -0.15) is 4.31 Å². The van der Waals surface area contributed by atoms with E-state index >= 15 is 0 Å². The van der Waals surface area contributed by atoms with Gasteiger partial charge in [0.2, 0.25) is 10.0 Å². The van der Waals surface area contributed by atoms with Crippen molar-refractivity contribution in [1.29, 1.82) is 0 Å². The molecule has 1 aromatic rings. The van der Waals surface area contributed by atoms with E-state index in [0.717, 1.165) is 12.5 Å². The Bertz CT molecular complexity index is 654. The number of nitro benzene ring substituents is 1. The van der Waals surface area contributed by atoms with Gasteiger partial charge in [0, 0.05) is 30.2 Å². The van der Waals surface area contributed by atoms with Crippen LogP contribution in [-0.2, 0) is 10.0 Å².